The minimum atomic E-state index is 0.477. The van der Waals surface area contributed by atoms with Crippen LogP contribution in [0.5, 0.6) is 0 Å². The fourth-order valence-corrected chi connectivity index (χ4v) is 3.31. The summed E-state index contributed by atoms with van der Waals surface area (Å²) in [5, 5.41) is 15.7. The van der Waals surface area contributed by atoms with Crippen molar-refractivity contribution in [1.82, 2.24) is 14.6 Å². The van der Waals surface area contributed by atoms with E-state index in [2.05, 4.69) is 23.1 Å². The van der Waals surface area contributed by atoms with Gasteiger partial charge in [0.05, 0.1) is 0 Å². The molecule has 6 heteroatoms. The second-order valence-corrected chi connectivity index (χ2v) is 6.27. The van der Waals surface area contributed by atoms with E-state index >= 15 is 0 Å². The molecule has 3 rings (SSSR count). The van der Waals surface area contributed by atoms with Crippen LogP contribution >= 0.6 is 22.9 Å². The summed E-state index contributed by atoms with van der Waals surface area (Å²) in [5.74, 6) is 0. The molecule has 0 amide bonds. The lowest BCUT2D eigenvalue weighted by Gasteiger charge is -2.01. The molecule has 1 aromatic carbocycles. The third kappa shape index (κ3) is 2.41. The Labute approximate surface area is 131 Å². The third-order valence-corrected chi connectivity index (χ3v) is 4.64. The topological polar surface area (TPSA) is 54.0 Å². The van der Waals surface area contributed by atoms with Crippen molar-refractivity contribution in [2.45, 2.75) is 26.7 Å². The van der Waals surface area contributed by atoms with Crippen LogP contribution in [0.3, 0.4) is 0 Å². The summed E-state index contributed by atoms with van der Waals surface area (Å²) < 4.78 is 1.65. The number of halogens is 1. The van der Waals surface area contributed by atoms with Gasteiger partial charge in [-0.15, -0.1) is 0 Å². The zero-order valence-corrected chi connectivity index (χ0v) is 13.3. The van der Waals surface area contributed by atoms with Crippen LogP contribution in [-0.4, -0.2) is 14.6 Å². The van der Waals surface area contributed by atoms with Crippen LogP contribution in [-0.2, 0) is 6.42 Å². The van der Waals surface area contributed by atoms with Gasteiger partial charge in [0.15, 0.2) is 5.69 Å². The number of rotatable bonds is 3. The molecule has 0 saturated heterocycles. The van der Waals surface area contributed by atoms with E-state index in [1.54, 1.807) is 4.52 Å². The number of hydrogen-bond acceptors (Lipinski definition) is 4. The average molecular weight is 317 g/mol. The lowest BCUT2D eigenvalue weighted by atomic mass is 10.1. The number of nitriles is 1. The van der Waals surface area contributed by atoms with Gasteiger partial charge in [-0.25, -0.2) is 4.98 Å². The molecule has 0 spiro atoms. The van der Waals surface area contributed by atoms with E-state index in [0.29, 0.717) is 16.4 Å². The maximum absolute atomic E-state index is 9.46. The van der Waals surface area contributed by atoms with Crippen molar-refractivity contribution in [2.24, 2.45) is 0 Å². The van der Waals surface area contributed by atoms with Gasteiger partial charge in [0.2, 0.25) is 4.96 Å². The maximum Gasteiger partial charge on any atom is 0.214 e. The number of fused-ring (bicyclic) bond motifs is 1. The molecule has 21 heavy (non-hydrogen) atoms. The molecule has 0 aliphatic carbocycles. The van der Waals surface area contributed by atoms with Crippen molar-refractivity contribution in [1.29, 1.82) is 5.26 Å². The molecular formula is C15H13ClN4S. The SMILES string of the molecule is CCCc1nn2c(C#N)c(-c3ccc(Cl)c(C)c3)nc2s1. The van der Waals surface area contributed by atoms with Crippen molar-refractivity contribution in [2.75, 3.05) is 0 Å². The first kappa shape index (κ1) is 14.1. The molecule has 0 atom stereocenters. The maximum atomic E-state index is 9.46. The Morgan fingerprint density at radius 1 is 1.43 bits per heavy atom. The molecular weight excluding hydrogens is 304 g/mol. The number of imidazole rings is 1. The van der Waals surface area contributed by atoms with Crippen molar-refractivity contribution in [3.05, 3.63) is 39.5 Å². The molecule has 0 saturated carbocycles. The molecule has 2 aromatic heterocycles. The second-order valence-electron chi connectivity index (χ2n) is 4.82. The first-order valence-electron chi connectivity index (χ1n) is 6.69. The highest BCUT2D eigenvalue weighted by atomic mass is 35.5. The Hall–Kier alpha value is -1.90. The van der Waals surface area contributed by atoms with Gasteiger partial charge in [-0.05, 0) is 31.0 Å². The number of aryl methyl sites for hydroxylation is 2. The van der Waals surface area contributed by atoms with Gasteiger partial charge in [-0.1, -0.05) is 35.9 Å². The highest BCUT2D eigenvalue weighted by molar-refractivity contribution is 7.16. The quantitative estimate of drug-likeness (QED) is 0.726. The Bertz CT molecular complexity index is 857. The Kier molecular flexibility index (Phi) is 3.66. The van der Waals surface area contributed by atoms with E-state index in [9.17, 15) is 5.26 Å². The van der Waals surface area contributed by atoms with Gasteiger partial charge in [0.25, 0.3) is 0 Å². The van der Waals surface area contributed by atoms with Crippen LogP contribution in [0.15, 0.2) is 18.2 Å². The number of hydrogen-bond donors (Lipinski definition) is 0. The van der Waals surface area contributed by atoms with Gasteiger partial charge >= 0.3 is 0 Å². The summed E-state index contributed by atoms with van der Waals surface area (Å²) >= 11 is 7.59. The van der Waals surface area contributed by atoms with Crippen molar-refractivity contribution >= 4 is 27.9 Å². The summed E-state index contributed by atoms with van der Waals surface area (Å²) in [6.45, 7) is 4.05. The average Bonchev–Trinajstić information content (AvgIpc) is 2.99. The summed E-state index contributed by atoms with van der Waals surface area (Å²) in [4.78, 5) is 5.34. The second kappa shape index (κ2) is 5.47. The van der Waals surface area contributed by atoms with Crippen LogP contribution in [0.1, 0.15) is 29.6 Å². The molecule has 2 heterocycles. The van der Waals surface area contributed by atoms with E-state index < -0.39 is 0 Å². The van der Waals surface area contributed by atoms with Crippen LogP contribution in [0.4, 0.5) is 0 Å². The molecule has 3 aromatic rings. The first-order chi connectivity index (χ1) is 10.1. The molecule has 0 bridgehead atoms. The molecule has 106 valence electrons. The minimum absolute atomic E-state index is 0.477. The zero-order valence-electron chi connectivity index (χ0n) is 11.7. The molecule has 0 unspecified atom stereocenters. The van der Waals surface area contributed by atoms with E-state index in [4.69, 9.17) is 11.6 Å². The largest absolute Gasteiger partial charge is 0.216 e. The number of aromatic nitrogens is 3. The van der Waals surface area contributed by atoms with Crippen LogP contribution in [0.2, 0.25) is 5.02 Å². The fraction of sp³-hybridized carbons (Fsp3) is 0.267. The van der Waals surface area contributed by atoms with E-state index in [1.807, 2.05) is 25.1 Å². The zero-order chi connectivity index (χ0) is 15.0. The predicted molar refractivity (Wildman–Crippen MR) is 84.8 cm³/mol. The molecule has 0 aliphatic heterocycles. The molecule has 4 nitrogen and oxygen atoms in total. The first-order valence-corrected chi connectivity index (χ1v) is 7.88. The summed E-state index contributed by atoms with van der Waals surface area (Å²) in [5.41, 5.74) is 3.00. The van der Waals surface area contributed by atoms with Crippen LogP contribution in [0, 0.1) is 18.3 Å². The lowest BCUT2D eigenvalue weighted by Crippen LogP contribution is -1.92. The number of benzene rings is 1. The minimum Gasteiger partial charge on any atom is -0.216 e. The van der Waals surface area contributed by atoms with E-state index in [0.717, 1.165) is 33.9 Å². The van der Waals surface area contributed by atoms with E-state index in [-0.39, 0.29) is 0 Å². The van der Waals surface area contributed by atoms with Gasteiger partial charge in [0, 0.05) is 17.0 Å². The molecule has 0 N–H and O–H groups in total. The summed E-state index contributed by atoms with van der Waals surface area (Å²) in [6, 6.07) is 7.88. The monoisotopic (exact) mass is 316 g/mol. The Balaban J connectivity index is 2.16. The smallest absolute Gasteiger partial charge is 0.214 e. The van der Waals surface area contributed by atoms with Gasteiger partial charge < -0.3 is 0 Å². The standard InChI is InChI=1S/C15H13ClN4S/c1-3-4-13-19-20-12(8-17)14(18-15(20)21-13)10-5-6-11(16)9(2)7-10/h5-7H,3-4H2,1-2H3. The Morgan fingerprint density at radius 3 is 2.90 bits per heavy atom. The van der Waals surface area contributed by atoms with Crippen molar-refractivity contribution in [3.8, 4) is 17.3 Å². The van der Waals surface area contributed by atoms with E-state index in [1.165, 1.54) is 11.3 Å². The molecule has 0 aliphatic rings. The number of nitrogens with zero attached hydrogens (tertiary/aromatic N) is 4. The fourth-order valence-electron chi connectivity index (χ4n) is 2.20. The Morgan fingerprint density at radius 2 is 2.24 bits per heavy atom. The van der Waals surface area contributed by atoms with Crippen molar-refractivity contribution in [3.63, 3.8) is 0 Å². The summed E-state index contributed by atoms with van der Waals surface area (Å²) in [6.07, 6.45) is 1.94. The highest BCUT2D eigenvalue weighted by Crippen LogP contribution is 2.29. The van der Waals surface area contributed by atoms with Gasteiger partial charge in [-0.3, -0.25) is 0 Å². The molecule has 0 radical (unpaired) electrons. The normalized spacial score (nSPS) is 11.0. The highest BCUT2D eigenvalue weighted by Gasteiger charge is 2.18. The van der Waals surface area contributed by atoms with Crippen molar-refractivity contribution < 1.29 is 0 Å². The molecule has 0 fully saturated rings. The van der Waals surface area contributed by atoms with Gasteiger partial charge in [-0.2, -0.15) is 14.9 Å². The lowest BCUT2D eigenvalue weighted by molar-refractivity contribution is 0.843. The predicted octanol–water partition coefficient (Wildman–Crippen LogP) is 4.24. The third-order valence-electron chi connectivity index (χ3n) is 3.25. The van der Waals surface area contributed by atoms with Crippen LogP contribution < -0.4 is 0 Å². The van der Waals surface area contributed by atoms with Crippen LogP contribution in [0.25, 0.3) is 16.2 Å². The van der Waals surface area contributed by atoms with Gasteiger partial charge in [0.1, 0.15) is 16.8 Å². The summed E-state index contributed by atoms with van der Waals surface area (Å²) in [7, 11) is 0.